The Morgan fingerprint density at radius 1 is 1.25 bits per heavy atom. The highest BCUT2D eigenvalue weighted by Crippen LogP contribution is 2.22. The van der Waals surface area contributed by atoms with Gasteiger partial charge in [0.15, 0.2) is 0 Å². The summed E-state index contributed by atoms with van der Waals surface area (Å²) in [6.45, 7) is 3.93. The van der Waals surface area contributed by atoms with Gasteiger partial charge in [0.1, 0.15) is 11.6 Å². The van der Waals surface area contributed by atoms with Gasteiger partial charge in [0.05, 0.1) is 11.4 Å². The van der Waals surface area contributed by atoms with Crippen LogP contribution in [0.25, 0.3) is 11.3 Å². The van der Waals surface area contributed by atoms with E-state index in [4.69, 9.17) is 0 Å². The van der Waals surface area contributed by atoms with E-state index >= 15 is 0 Å². The van der Waals surface area contributed by atoms with Crippen LogP contribution in [-0.4, -0.2) is 18.7 Å². The Morgan fingerprint density at radius 3 is 2.45 bits per heavy atom. The summed E-state index contributed by atoms with van der Waals surface area (Å²) in [6, 6.07) is 7.71. The first kappa shape index (κ1) is 14.7. The molecule has 1 aromatic heterocycles. The highest BCUT2D eigenvalue weighted by atomic mass is 32.2. The number of benzene rings is 1. The Labute approximate surface area is 119 Å². The second-order valence-electron chi connectivity index (χ2n) is 4.70. The summed E-state index contributed by atoms with van der Waals surface area (Å²) in [5.74, 6) is -0.151. The molecule has 106 valence electrons. The van der Waals surface area contributed by atoms with E-state index in [2.05, 4.69) is 9.97 Å². The quantitative estimate of drug-likeness (QED) is 0.813. The zero-order valence-electron chi connectivity index (χ0n) is 11.2. The van der Waals surface area contributed by atoms with E-state index in [0.29, 0.717) is 5.69 Å². The Hall–Kier alpha value is -1.66. The number of hydrogen-bond donors (Lipinski definition) is 0. The summed E-state index contributed by atoms with van der Waals surface area (Å²) < 4.78 is 34.6. The maximum absolute atomic E-state index is 12.9. The zero-order chi connectivity index (χ0) is 14.7. The maximum Gasteiger partial charge on any atom is 0.140 e. The molecular formula is C14H14FN2O2S-. The van der Waals surface area contributed by atoms with Gasteiger partial charge in [0.25, 0.3) is 0 Å². The molecule has 1 atom stereocenters. The molecule has 4 nitrogen and oxygen atoms in total. The van der Waals surface area contributed by atoms with Crippen LogP contribution in [0.15, 0.2) is 30.3 Å². The summed E-state index contributed by atoms with van der Waals surface area (Å²) in [5, 5.41) is 0. The standard InChI is InChI=1S/C14H15FN2O2S/c1-9(2)12-7-13(10-3-5-11(15)6-4-10)17-14(16-12)8-20(18)19/h3-7,9H,8H2,1-2H3,(H,18,19)/p-1. The van der Waals surface area contributed by atoms with E-state index in [1.54, 1.807) is 18.2 Å². The first-order chi connectivity index (χ1) is 9.45. The maximum atomic E-state index is 12.9. The van der Waals surface area contributed by atoms with E-state index in [-0.39, 0.29) is 23.3 Å². The predicted octanol–water partition coefficient (Wildman–Crippen LogP) is 2.79. The minimum Gasteiger partial charge on any atom is -0.772 e. The van der Waals surface area contributed by atoms with Crippen molar-refractivity contribution < 1.29 is 13.2 Å². The van der Waals surface area contributed by atoms with Crippen LogP contribution >= 0.6 is 0 Å². The van der Waals surface area contributed by atoms with Gasteiger partial charge in [-0.05, 0) is 47.3 Å². The fraction of sp³-hybridized carbons (Fsp3) is 0.286. The molecule has 1 aromatic carbocycles. The fourth-order valence-electron chi connectivity index (χ4n) is 1.75. The minimum atomic E-state index is -2.24. The second kappa shape index (κ2) is 6.19. The third-order valence-corrected chi connectivity index (χ3v) is 3.26. The summed E-state index contributed by atoms with van der Waals surface area (Å²) >= 11 is -2.24. The SMILES string of the molecule is CC(C)c1cc(-c2ccc(F)cc2)nc(CS(=O)[O-])n1. The Morgan fingerprint density at radius 2 is 1.90 bits per heavy atom. The summed E-state index contributed by atoms with van der Waals surface area (Å²) in [4.78, 5) is 8.47. The van der Waals surface area contributed by atoms with Crippen LogP contribution in [0, 0.1) is 5.82 Å². The van der Waals surface area contributed by atoms with Gasteiger partial charge in [-0.25, -0.2) is 14.4 Å². The fourth-order valence-corrected chi connectivity index (χ4v) is 2.09. The van der Waals surface area contributed by atoms with Gasteiger partial charge in [0.2, 0.25) is 0 Å². The Balaban J connectivity index is 2.48. The average molecular weight is 293 g/mol. The van der Waals surface area contributed by atoms with Crippen molar-refractivity contribution in [3.8, 4) is 11.3 Å². The molecule has 0 fully saturated rings. The van der Waals surface area contributed by atoms with Crippen LogP contribution in [0.1, 0.15) is 31.3 Å². The van der Waals surface area contributed by atoms with Crippen molar-refractivity contribution in [1.29, 1.82) is 0 Å². The molecule has 0 saturated heterocycles. The third-order valence-electron chi connectivity index (χ3n) is 2.77. The lowest BCUT2D eigenvalue weighted by Gasteiger charge is -2.11. The van der Waals surface area contributed by atoms with E-state index < -0.39 is 11.1 Å². The van der Waals surface area contributed by atoms with Crippen LogP contribution in [0.2, 0.25) is 0 Å². The van der Waals surface area contributed by atoms with E-state index in [1.807, 2.05) is 13.8 Å². The number of hydrogen-bond acceptors (Lipinski definition) is 4. The molecule has 20 heavy (non-hydrogen) atoms. The third kappa shape index (κ3) is 3.68. The van der Waals surface area contributed by atoms with E-state index in [0.717, 1.165) is 11.3 Å². The van der Waals surface area contributed by atoms with Crippen molar-refractivity contribution >= 4 is 11.1 Å². The summed E-state index contributed by atoms with van der Waals surface area (Å²) in [6.07, 6.45) is 0. The normalized spacial score (nSPS) is 12.7. The van der Waals surface area contributed by atoms with Crippen LogP contribution in [-0.2, 0) is 16.8 Å². The van der Waals surface area contributed by atoms with E-state index in [9.17, 15) is 13.2 Å². The predicted molar refractivity (Wildman–Crippen MR) is 74.1 cm³/mol. The molecule has 0 N–H and O–H groups in total. The number of nitrogens with zero attached hydrogens (tertiary/aromatic N) is 2. The summed E-state index contributed by atoms with van der Waals surface area (Å²) in [5.41, 5.74) is 2.09. The number of halogens is 1. The van der Waals surface area contributed by atoms with Crippen LogP contribution in [0.3, 0.4) is 0 Å². The van der Waals surface area contributed by atoms with Gasteiger partial charge in [-0.3, -0.25) is 4.21 Å². The van der Waals surface area contributed by atoms with Gasteiger partial charge in [-0.1, -0.05) is 13.8 Å². The number of rotatable bonds is 4. The summed E-state index contributed by atoms with van der Waals surface area (Å²) in [7, 11) is 0. The highest BCUT2D eigenvalue weighted by molar-refractivity contribution is 7.78. The largest absolute Gasteiger partial charge is 0.772 e. The van der Waals surface area contributed by atoms with Gasteiger partial charge in [-0.15, -0.1) is 0 Å². The van der Waals surface area contributed by atoms with Gasteiger partial charge >= 0.3 is 0 Å². The van der Waals surface area contributed by atoms with Crippen molar-refractivity contribution in [3.63, 3.8) is 0 Å². The highest BCUT2D eigenvalue weighted by Gasteiger charge is 2.09. The molecule has 0 aliphatic heterocycles. The number of aromatic nitrogens is 2. The van der Waals surface area contributed by atoms with Gasteiger partial charge < -0.3 is 4.55 Å². The van der Waals surface area contributed by atoms with Crippen molar-refractivity contribution in [2.24, 2.45) is 0 Å². The van der Waals surface area contributed by atoms with Crippen molar-refractivity contribution in [2.75, 3.05) is 0 Å². The molecule has 0 aliphatic carbocycles. The van der Waals surface area contributed by atoms with Crippen molar-refractivity contribution in [3.05, 3.63) is 47.7 Å². The van der Waals surface area contributed by atoms with Gasteiger partial charge in [0, 0.05) is 11.3 Å². The minimum absolute atomic E-state index is 0.149. The lowest BCUT2D eigenvalue weighted by atomic mass is 10.1. The monoisotopic (exact) mass is 293 g/mol. The van der Waals surface area contributed by atoms with Crippen molar-refractivity contribution in [1.82, 2.24) is 9.97 Å². The molecule has 0 aliphatic rings. The van der Waals surface area contributed by atoms with Crippen LogP contribution in [0.5, 0.6) is 0 Å². The van der Waals surface area contributed by atoms with Gasteiger partial charge in [-0.2, -0.15) is 0 Å². The van der Waals surface area contributed by atoms with Crippen molar-refractivity contribution in [2.45, 2.75) is 25.5 Å². The molecule has 0 spiro atoms. The molecular weight excluding hydrogens is 279 g/mol. The average Bonchev–Trinajstić information content (AvgIpc) is 2.38. The molecule has 0 saturated carbocycles. The molecule has 6 heteroatoms. The smallest absolute Gasteiger partial charge is 0.140 e. The Bertz CT molecular complexity index is 630. The second-order valence-corrected chi connectivity index (χ2v) is 5.60. The van der Waals surface area contributed by atoms with Crippen LogP contribution < -0.4 is 0 Å². The molecule has 2 rings (SSSR count). The van der Waals surface area contributed by atoms with E-state index in [1.165, 1.54) is 12.1 Å². The molecule has 2 aromatic rings. The molecule has 0 amide bonds. The first-order valence-electron chi connectivity index (χ1n) is 6.15. The molecule has 0 radical (unpaired) electrons. The molecule has 0 bridgehead atoms. The Kier molecular flexibility index (Phi) is 4.57. The topological polar surface area (TPSA) is 65.9 Å². The first-order valence-corrected chi connectivity index (χ1v) is 7.40. The van der Waals surface area contributed by atoms with Crippen LogP contribution in [0.4, 0.5) is 4.39 Å². The lowest BCUT2D eigenvalue weighted by Crippen LogP contribution is -2.05. The molecule has 1 heterocycles. The lowest BCUT2D eigenvalue weighted by molar-refractivity contribution is 0.534. The zero-order valence-corrected chi connectivity index (χ0v) is 12.0. The molecule has 1 unspecified atom stereocenters.